The SMILES string of the molecule is CC(C)(C)c1nc(CNCC(O)C(N)=O)cs1. The molecular formula is C11H19N3O2S. The van der Waals surface area contributed by atoms with Crippen molar-refractivity contribution >= 4 is 17.2 Å². The van der Waals surface area contributed by atoms with Gasteiger partial charge < -0.3 is 16.2 Å². The van der Waals surface area contributed by atoms with Crippen molar-refractivity contribution in [3.63, 3.8) is 0 Å². The zero-order valence-corrected chi connectivity index (χ0v) is 11.2. The molecule has 4 N–H and O–H groups in total. The Morgan fingerprint density at radius 1 is 1.65 bits per heavy atom. The average Bonchev–Trinajstić information content (AvgIpc) is 2.65. The summed E-state index contributed by atoms with van der Waals surface area (Å²) in [6, 6.07) is 0. The Hall–Kier alpha value is -0.980. The van der Waals surface area contributed by atoms with E-state index in [-0.39, 0.29) is 12.0 Å². The lowest BCUT2D eigenvalue weighted by Gasteiger charge is -2.13. The van der Waals surface area contributed by atoms with E-state index >= 15 is 0 Å². The van der Waals surface area contributed by atoms with E-state index in [4.69, 9.17) is 5.73 Å². The van der Waals surface area contributed by atoms with Gasteiger partial charge in [0, 0.05) is 23.9 Å². The molecule has 0 spiro atoms. The van der Waals surface area contributed by atoms with E-state index in [1.807, 2.05) is 5.38 Å². The van der Waals surface area contributed by atoms with Gasteiger partial charge in [-0.3, -0.25) is 4.79 Å². The Labute approximate surface area is 105 Å². The van der Waals surface area contributed by atoms with E-state index in [1.54, 1.807) is 11.3 Å². The second kappa shape index (κ2) is 5.57. The predicted octanol–water partition coefficient (Wildman–Crippen LogP) is 0.376. The van der Waals surface area contributed by atoms with E-state index < -0.39 is 12.0 Å². The number of thiazole rings is 1. The molecule has 0 radical (unpaired) electrons. The number of aliphatic hydroxyl groups excluding tert-OH is 1. The van der Waals surface area contributed by atoms with Crippen LogP contribution in [-0.2, 0) is 16.8 Å². The largest absolute Gasteiger partial charge is 0.382 e. The number of nitrogens with two attached hydrogens (primary N) is 1. The third-order valence-electron chi connectivity index (χ3n) is 2.17. The number of carbonyl (C=O) groups is 1. The third kappa shape index (κ3) is 4.41. The summed E-state index contributed by atoms with van der Waals surface area (Å²) in [5.41, 5.74) is 5.90. The minimum Gasteiger partial charge on any atom is -0.382 e. The van der Waals surface area contributed by atoms with Crippen molar-refractivity contribution in [1.82, 2.24) is 10.3 Å². The summed E-state index contributed by atoms with van der Waals surface area (Å²) in [7, 11) is 0. The van der Waals surface area contributed by atoms with Crippen molar-refractivity contribution in [2.24, 2.45) is 5.73 Å². The fourth-order valence-electron chi connectivity index (χ4n) is 1.17. The van der Waals surface area contributed by atoms with Crippen LogP contribution in [0, 0.1) is 0 Å². The first-order valence-corrected chi connectivity index (χ1v) is 6.31. The van der Waals surface area contributed by atoms with E-state index in [1.165, 1.54) is 0 Å². The molecule has 0 aliphatic rings. The maximum Gasteiger partial charge on any atom is 0.247 e. The summed E-state index contributed by atoms with van der Waals surface area (Å²) >= 11 is 1.62. The second-order valence-corrected chi connectivity index (χ2v) is 5.80. The Morgan fingerprint density at radius 3 is 2.76 bits per heavy atom. The van der Waals surface area contributed by atoms with Gasteiger partial charge in [-0.25, -0.2) is 4.98 Å². The predicted molar refractivity (Wildman–Crippen MR) is 67.7 cm³/mol. The van der Waals surface area contributed by atoms with Crippen LogP contribution in [0.5, 0.6) is 0 Å². The minimum absolute atomic E-state index is 0.0512. The lowest BCUT2D eigenvalue weighted by Crippen LogP contribution is -2.37. The topological polar surface area (TPSA) is 88.2 Å². The summed E-state index contributed by atoms with van der Waals surface area (Å²) in [4.78, 5) is 15.1. The highest BCUT2D eigenvalue weighted by molar-refractivity contribution is 7.09. The molecule has 1 unspecified atom stereocenters. The van der Waals surface area contributed by atoms with Crippen LogP contribution in [0.2, 0.25) is 0 Å². The standard InChI is InChI=1S/C11H19N3O2S/c1-11(2,3)10-14-7(6-17-10)4-13-5-8(15)9(12)16/h6,8,13,15H,4-5H2,1-3H3,(H2,12,16). The van der Waals surface area contributed by atoms with Gasteiger partial charge in [0.15, 0.2) is 0 Å². The second-order valence-electron chi connectivity index (χ2n) is 4.94. The van der Waals surface area contributed by atoms with E-state index in [2.05, 4.69) is 31.1 Å². The molecular weight excluding hydrogens is 238 g/mol. The summed E-state index contributed by atoms with van der Waals surface area (Å²) in [6.07, 6.45) is -1.14. The first kappa shape index (κ1) is 14.1. The molecule has 5 nitrogen and oxygen atoms in total. The van der Waals surface area contributed by atoms with E-state index in [0.717, 1.165) is 10.7 Å². The number of amides is 1. The average molecular weight is 257 g/mol. The number of carbonyl (C=O) groups excluding carboxylic acids is 1. The maximum atomic E-state index is 10.6. The first-order chi connectivity index (χ1) is 7.80. The monoisotopic (exact) mass is 257 g/mol. The fourth-order valence-corrected chi connectivity index (χ4v) is 2.08. The summed E-state index contributed by atoms with van der Waals surface area (Å²) < 4.78 is 0. The molecule has 0 bridgehead atoms. The highest BCUT2D eigenvalue weighted by Crippen LogP contribution is 2.25. The van der Waals surface area contributed by atoms with Gasteiger partial charge in [0.05, 0.1) is 10.7 Å². The van der Waals surface area contributed by atoms with Crippen LogP contribution in [0.15, 0.2) is 5.38 Å². The molecule has 1 aromatic rings. The van der Waals surface area contributed by atoms with Crippen LogP contribution in [0.25, 0.3) is 0 Å². The number of aliphatic hydroxyl groups is 1. The van der Waals surface area contributed by atoms with Gasteiger partial charge in [0.2, 0.25) is 5.91 Å². The normalized spacial score (nSPS) is 13.6. The highest BCUT2D eigenvalue weighted by Gasteiger charge is 2.18. The van der Waals surface area contributed by atoms with E-state index in [9.17, 15) is 9.90 Å². The van der Waals surface area contributed by atoms with Crippen molar-refractivity contribution in [3.05, 3.63) is 16.1 Å². The third-order valence-corrected chi connectivity index (χ3v) is 3.48. The number of nitrogens with one attached hydrogen (secondary N) is 1. The molecule has 0 saturated carbocycles. The Morgan fingerprint density at radius 2 is 2.29 bits per heavy atom. The molecule has 1 atom stereocenters. The van der Waals surface area contributed by atoms with Crippen LogP contribution in [0.4, 0.5) is 0 Å². The van der Waals surface area contributed by atoms with Crippen molar-refractivity contribution in [2.45, 2.75) is 38.8 Å². The molecule has 1 heterocycles. The van der Waals surface area contributed by atoms with Crippen LogP contribution in [0.1, 0.15) is 31.5 Å². The summed E-state index contributed by atoms with van der Waals surface area (Å²) in [5, 5.41) is 15.2. The van der Waals surface area contributed by atoms with Gasteiger partial charge >= 0.3 is 0 Å². The molecule has 0 aliphatic heterocycles. The maximum absolute atomic E-state index is 10.6. The van der Waals surface area contributed by atoms with E-state index in [0.29, 0.717) is 6.54 Å². The number of aromatic nitrogens is 1. The number of primary amides is 1. The van der Waals surface area contributed by atoms with Crippen LogP contribution in [0.3, 0.4) is 0 Å². The molecule has 0 saturated heterocycles. The Kier molecular flexibility index (Phi) is 4.62. The molecule has 1 rings (SSSR count). The number of nitrogens with zero attached hydrogens (tertiary/aromatic N) is 1. The van der Waals surface area contributed by atoms with Crippen molar-refractivity contribution in [1.29, 1.82) is 0 Å². The Bertz CT molecular complexity index is 384. The van der Waals surface area contributed by atoms with Gasteiger partial charge in [0.1, 0.15) is 6.10 Å². The zero-order chi connectivity index (χ0) is 13.1. The molecule has 6 heteroatoms. The summed E-state index contributed by atoms with van der Waals surface area (Å²) in [6.45, 7) is 7.01. The van der Waals surface area contributed by atoms with Gasteiger partial charge in [-0.1, -0.05) is 20.8 Å². The smallest absolute Gasteiger partial charge is 0.247 e. The van der Waals surface area contributed by atoms with Crippen LogP contribution < -0.4 is 11.1 Å². The van der Waals surface area contributed by atoms with Crippen LogP contribution >= 0.6 is 11.3 Å². The molecule has 1 amide bonds. The number of hydrogen-bond donors (Lipinski definition) is 3. The molecule has 0 aliphatic carbocycles. The van der Waals surface area contributed by atoms with Gasteiger partial charge in [-0.05, 0) is 0 Å². The highest BCUT2D eigenvalue weighted by atomic mass is 32.1. The van der Waals surface area contributed by atoms with Crippen molar-refractivity contribution < 1.29 is 9.90 Å². The molecule has 0 fully saturated rings. The molecule has 0 aromatic carbocycles. The molecule has 96 valence electrons. The van der Waals surface area contributed by atoms with Crippen LogP contribution in [-0.4, -0.2) is 28.6 Å². The van der Waals surface area contributed by atoms with Gasteiger partial charge in [-0.15, -0.1) is 11.3 Å². The minimum atomic E-state index is -1.14. The molecule has 17 heavy (non-hydrogen) atoms. The molecule has 1 aromatic heterocycles. The van der Waals surface area contributed by atoms with Crippen molar-refractivity contribution in [2.75, 3.05) is 6.54 Å². The summed E-state index contributed by atoms with van der Waals surface area (Å²) in [5.74, 6) is -0.717. The fraction of sp³-hybridized carbons (Fsp3) is 0.636. The number of hydrogen-bond acceptors (Lipinski definition) is 5. The Balaban J connectivity index is 2.43. The lowest BCUT2D eigenvalue weighted by atomic mass is 9.98. The number of rotatable bonds is 5. The first-order valence-electron chi connectivity index (χ1n) is 5.43. The van der Waals surface area contributed by atoms with Gasteiger partial charge in [0.25, 0.3) is 0 Å². The van der Waals surface area contributed by atoms with Gasteiger partial charge in [-0.2, -0.15) is 0 Å². The van der Waals surface area contributed by atoms with Crippen molar-refractivity contribution in [3.8, 4) is 0 Å². The zero-order valence-electron chi connectivity index (χ0n) is 10.4. The lowest BCUT2D eigenvalue weighted by molar-refractivity contribution is -0.125. The quantitative estimate of drug-likeness (QED) is 0.711.